The highest BCUT2D eigenvalue weighted by Gasteiger charge is 1.80. The average molecular weight is 125 g/mol. The van der Waals surface area contributed by atoms with Gasteiger partial charge in [0.15, 0.2) is 0 Å². The van der Waals surface area contributed by atoms with Crippen molar-refractivity contribution in [3.63, 3.8) is 0 Å². The maximum atomic E-state index is 5.15. The van der Waals surface area contributed by atoms with Crippen LogP contribution in [-0.4, -0.2) is 0 Å². The Balaban J connectivity index is 3.91. The Labute approximate surface area is 53.8 Å². The highest BCUT2D eigenvalue weighted by molar-refractivity contribution is 8.01. The van der Waals surface area contributed by atoms with E-state index >= 15 is 0 Å². The molecule has 0 aromatic rings. The normalized spacial score (nSPS) is 10.2. The number of rotatable bonds is 2. The van der Waals surface area contributed by atoms with Crippen LogP contribution in [0.15, 0.2) is 23.6 Å². The fourth-order valence-corrected chi connectivity index (χ4v) is 0.455. The van der Waals surface area contributed by atoms with E-state index in [-0.39, 0.29) is 0 Å². The zero-order valence-electron chi connectivity index (χ0n) is 4.42. The molecule has 0 bridgehead atoms. The molecule has 0 heterocycles. The summed E-state index contributed by atoms with van der Waals surface area (Å²) in [7, 11) is 0. The first kappa shape index (κ1) is 7.35. The molecule has 2 N–H and O–H groups in total. The van der Waals surface area contributed by atoms with Crippen LogP contribution in [0.4, 0.5) is 0 Å². The first-order valence-electron chi connectivity index (χ1n) is 2.00. The highest BCUT2D eigenvalue weighted by atomic mass is 32.2. The monoisotopic (exact) mass is 125 g/mol. The van der Waals surface area contributed by atoms with Gasteiger partial charge in [-0.3, -0.25) is 5.14 Å². The third-order valence-corrected chi connectivity index (χ3v) is 1.12. The molecule has 0 aromatic carbocycles. The van der Waals surface area contributed by atoms with Gasteiger partial charge < -0.3 is 0 Å². The summed E-state index contributed by atoms with van der Waals surface area (Å²) in [6.45, 7) is 3.49. The van der Waals surface area contributed by atoms with Crippen LogP contribution in [0.25, 0.3) is 0 Å². The van der Waals surface area contributed by atoms with E-state index in [1.54, 1.807) is 12.2 Å². The standard InChI is InChI=1S/C6H7NS/c1-3-5-6(4-2)8-7/h1,4-5H,2,7H2/b6-5+. The number of nitrogens with two attached hydrogens (primary N) is 1. The van der Waals surface area contributed by atoms with Gasteiger partial charge in [-0.1, -0.05) is 18.6 Å². The highest BCUT2D eigenvalue weighted by Crippen LogP contribution is 2.06. The van der Waals surface area contributed by atoms with Gasteiger partial charge in [0, 0.05) is 11.0 Å². The van der Waals surface area contributed by atoms with Crippen molar-refractivity contribution in [3.8, 4) is 12.3 Å². The van der Waals surface area contributed by atoms with E-state index in [4.69, 9.17) is 11.6 Å². The van der Waals surface area contributed by atoms with Crippen molar-refractivity contribution in [1.82, 2.24) is 0 Å². The molecule has 0 aliphatic rings. The largest absolute Gasteiger partial charge is 0.274 e. The molecule has 0 spiro atoms. The molecule has 2 heteroatoms. The summed E-state index contributed by atoms with van der Waals surface area (Å²) in [5, 5.41) is 5.15. The van der Waals surface area contributed by atoms with Crippen molar-refractivity contribution in [3.05, 3.63) is 23.6 Å². The Hall–Kier alpha value is -0.650. The van der Waals surface area contributed by atoms with E-state index < -0.39 is 0 Å². The van der Waals surface area contributed by atoms with Crippen molar-refractivity contribution in [2.75, 3.05) is 0 Å². The minimum absolute atomic E-state index is 0.813. The zero-order chi connectivity index (χ0) is 6.41. The Morgan fingerprint density at radius 3 is 2.62 bits per heavy atom. The SMILES string of the molecule is C#C/C=C(\C=C)SN. The molecule has 0 radical (unpaired) electrons. The first-order chi connectivity index (χ1) is 3.85. The molecule has 0 saturated carbocycles. The fraction of sp³-hybridized carbons (Fsp3) is 0. The lowest BCUT2D eigenvalue weighted by atomic mass is 10.5. The first-order valence-corrected chi connectivity index (χ1v) is 2.88. The number of hydrogen-bond donors (Lipinski definition) is 1. The minimum atomic E-state index is 0.813. The van der Waals surface area contributed by atoms with Gasteiger partial charge in [0.1, 0.15) is 0 Å². The Morgan fingerprint density at radius 1 is 1.88 bits per heavy atom. The summed E-state index contributed by atoms with van der Waals surface area (Å²) in [6.07, 6.45) is 8.12. The van der Waals surface area contributed by atoms with E-state index in [0.717, 1.165) is 16.9 Å². The van der Waals surface area contributed by atoms with E-state index in [0.29, 0.717) is 0 Å². The molecule has 0 unspecified atom stereocenters. The van der Waals surface area contributed by atoms with Gasteiger partial charge in [-0.2, -0.15) is 0 Å². The third-order valence-electron chi connectivity index (χ3n) is 0.563. The van der Waals surface area contributed by atoms with Gasteiger partial charge in [-0.25, -0.2) is 0 Å². The summed E-state index contributed by atoms with van der Waals surface area (Å²) < 4.78 is 0. The summed E-state index contributed by atoms with van der Waals surface area (Å²) >= 11 is 1.10. The number of allylic oxidation sites excluding steroid dienone is 2. The van der Waals surface area contributed by atoms with E-state index in [1.165, 1.54) is 0 Å². The predicted octanol–water partition coefficient (Wildman–Crippen LogP) is 1.30. The second-order valence-corrected chi connectivity index (χ2v) is 1.74. The summed E-state index contributed by atoms with van der Waals surface area (Å²) in [5.41, 5.74) is 0. The quantitative estimate of drug-likeness (QED) is 0.342. The summed E-state index contributed by atoms with van der Waals surface area (Å²) in [6, 6.07) is 0. The van der Waals surface area contributed by atoms with Gasteiger partial charge in [0.2, 0.25) is 0 Å². The second kappa shape index (κ2) is 4.51. The predicted molar refractivity (Wildman–Crippen MR) is 38.9 cm³/mol. The van der Waals surface area contributed by atoms with Crippen molar-refractivity contribution in [2.45, 2.75) is 0 Å². The lowest BCUT2D eigenvalue weighted by Gasteiger charge is -1.86. The van der Waals surface area contributed by atoms with E-state index in [1.807, 2.05) is 0 Å². The van der Waals surface area contributed by atoms with Crippen molar-refractivity contribution >= 4 is 11.9 Å². The molecule has 0 fully saturated rings. The molecule has 0 saturated heterocycles. The number of hydrogen-bond acceptors (Lipinski definition) is 2. The van der Waals surface area contributed by atoms with Crippen LogP contribution in [0.3, 0.4) is 0 Å². The van der Waals surface area contributed by atoms with Gasteiger partial charge in [-0.15, -0.1) is 6.42 Å². The van der Waals surface area contributed by atoms with Crippen LogP contribution >= 0.6 is 11.9 Å². The maximum absolute atomic E-state index is 5.15. The van der Waals surface area contributed by atoms with Gasteiger partial charge >= 0.3 is 0 Å². The Bertz CT molecular complexity index is 141. The average Bonchev–Trinajstić information content (AvgIpc) is 1.83. The Morgan fingerprint density at radius 2 is 2.50 bits per heavy atom. The number of terminal acetylenes is 1. The van der Waals surface area contributed by atoms with Crippen LogP contribution in [-0.2, 0) is 0 Å². The molecule has 0 amide bonds. The lowest BCUT2D eigenvalue weighted by Crippen LogP contribution is -1.76. The third kappa shape index (κ3) is 2.51. The van der Waals surface area contributed by atoms with Crippen LogP contribution in [0, 0.1) is 12.3 Å². The molecular weight excluding hydrogens is 118 g/mol. The molecule has 0 atom stereocenters. The van der Waals surface area contributed by atoms with Crippen molar-refractivity contribution < 1.29 is 0 Å². The summed E-state index contributed by atoms with van der Waals surface area (Å²) in [5.74, 6) is 2.34. The maximum Gasteiger partial charge on any atom is 0.0303 e. The van der Waals surface area contributed by atoms with Crippen LogP contribution in [0.1, 0.15) is 0 Å². The molecule has 0 aliphatic heterocycles. The van der Waals surface area contributed by atoms with Gasteiger partial charge in [0.25, 0.3) is 0 Å². The minimum Gasteiger partial charge on any atom is -0.274 e. The molecular formula is C6H7NS. The Kier molecular flexibility index (Phi) is 4.14. The van der Waals surface area contributed by atoms with Crippen molar-refractivity contribution in [2.24, 2.45) is 5.14 Å². The van der Waals surface area contributed by atoms with Gasteiger partial charge in [0.05, 0.1) is 0 Å². The molecule has 0 aliphatic carbocycles. The molecule has 8 heavy (non-hydrogen) atoms. The summed E-state index contributed by atoms with van der Waals surface area (Å²) in [4.78, 5) is 0.813. The second-order valence-electron chi connectivity index (χ2n) is 1.04. The molecule has 0 aromatic heterocycles. The smallest absolute Gasteiger partial charge is 0.0303 e. The zero-order valence-corrected chi connectivity index (χ0v) is 5.24. The van der Waals surface area contributed by atoms with Crippen LogP contribution < -0.4 is 5.14 Å². The topological polar surface area (TPSA) is 26.0 Å². The van der Waals surface area contributed by atoms with E-state index in [2.05, 4.69) is 12.5 Å². The van der Waals surface area contributed by atoms with Crippen LogP contribution in [0.2, 0.25) is 0 Å². The van der Waals surface area contributed by atoms with Gasteiger partial charge in [-0.05, 0) is 11.9 Å². The molecule has 0 rings (SSSR count). The van der Waals surface area contributed by atoms with E-state index in [9.17, 15) is 0 Å². The molecule has 1 nitrogen and oxygen atoms in total. The van der Waals surface area contributed by atoms with Crippen LogP contribution in [0.5, 0.6) is 0 Å². The molecule has 42 valence electrons. The lowest BCUT2D eigenvalue weighted by molar-refractivity contribution is 1.91. The van der Waals surface area contributed by atoms with Crippen molar-refractivity contribution in [1.29, 1.82) is 0 Å². The fourth-order valence-electron chi connectivity index (χ4n) is 0.223.